The van der Waals surface area contributed by atoms with E-state index >= 15 is 0 Å². The lowest BCUT2D eigenvalue weighted by Gasteiger charge is -2.45. The average Bonchev–Trinajstić information content (AvgIpc) is 2.77. The van der Waals surface area contributed by atoms with Crippen molar-refractivity contribution in [3.05, 3.63) is 103 Å². The van der Waals surface area contributed by atoms with Crippen LogP contribution in [0.25, 0.3) is 0 Å². The second-order valence-electron chi connectivity index (χ2n) is 9.02. The van der Waals surface area contributed by atoms with E-state index in [1.807, 2.05) is 0 Å². The average molecular weight is 608 g/mol. The summed E-state index contributed by atoms with van der Waals surface area (Å²) in [6, 6.07) is 28.7. The molecule has 0 fully saturated rings. The van der Waals surface area contributed by atoms with Gasteiger partial charge in [-0.25, -0.2) is 0 Å². The van der Waals surface area contributed by atoms with Crippen LogP contribution >= 0.6 is 47.8 Å². The van der Waals surface area contributed by atoms with Gasteiger partial charge in [0.05, 0.1) is 0 Å². The summed E-state index contributed by atoms with van der Waals surface area (Å²) in [4.78, 5) is 2.42. The van der Waals surface area contributed by atoms with Crippen molar-refractivity contribution in [1.82, 2.24) is 0 Å². The second-order valence-corrected chi connectivity index (χ2v) is 11.7. The Morgan fingerprint density at radius 3 is 2.19 bits per heavy atom. The number of hydrogen-bond donors (Lipinski definition) is 0. The van der Waals surface area contributed by atoms with Crippen LogP contribution in [0.15, 0.2) is 92.3 Å². The predicted molar refractivity (Wildman–Crippen MR) is 147 cm³/mol. The molecule has 0 N–H and O–H groups in total. The summed E-state index contributed by atoms with van der Waals surface area (Å²) < 4.78 is 3.37. The maximum atomic E-state index is 3.93. The number of anilines is 3. The molecule has 0 saturated heterocycles. The summed E-state index contributed by atoms with van der Waals surface area (Å²) in [7, 11) is 0. The lowest BCUT2D eigenvalue weighted by Crippen LogP contribution is -2.64. The normalized spacial score (nSPS) is 15.2. The molecule has 0 radical (unpaired) electrons. The predicted octanol–water partition coefficient (Wildman–Crippen LogP) is 6.91. The molecule has 2 aliphatic rings. The largest absolute Gasteiger partial charge is 0.312 e. The minimum absolute atomic E-state index is 0.105. The molecule has 0 bridgehead atoms. The Labute approximate surface area is 214 Å². The molecule has 6 rings (SSSR count). The van der Waals surface area contributed by atoms with Crippen LogP contribution in [-0.2, 0) is 5.41 Å². The van der Waals surface area contributed by atoms with Gasteiger partial charge in [-0.1, -0.05) is 97.4 Å². The monoisotopic (exact) mass is 605 g/mol. The van der Waals surface area contributed by atoms with Crippen LogP contribution in [0.5, 0.6) is 0 Å². The van der Waals surface area contributed by atoms with Crippen LogP contribution in [0.3, 0.4) is 0 Å². The van der Waals surface area contributed by atoms with Gasteiger partial charge in [0.15, 0.2) is 0 Å². The smallest absolute Gasteiger partial charge is 0.247 e. The molecule has 5 heteroatoms. The van der Waals surface area contributed by atoms with E-state index in [9.17, 15) is 0 Å². The van der Waals surface area contributed by atoms with Crippen molar-refractivity contribution in [3.8, 4) is 0 Å². The van der Waals surface area contributed by atoms with Crippen molar-refractivity contribution in [2.75, 3.05) is 4.90 Å². The lowest BCUT2D eigenvalue weighted by atomic mass is 9.30. The maximum absolute atomic E-state index is 3.93. The first-order valence-corrected chi connectivity index (χ1v) is 13.0. The van der Waals surface area contributed by atoms with Crippen molar-refractivity contribution in [2.45, 2.75) is 19.3 Å². The summed E-state index contributed by atoms with van der Waals surface area (Å²) in [5.41, 5.74) is 10.5. The highest BCUT2D eigenvalue weighted by Crippen LogP contribution is 2.44. The van der Waals surface area contributed by atoms with Crippen molar-refractivity contribution in [3.63, 3.8) is 0 Å². The highest BCUT2D eigenvalue weighted by atomic mass is 79.9. The molecule has 0 atom stereocenters. The summed E-state index contributed by atoms with van der Waals surface area (Å²) in [6.45, 7) is 4.90. The maximum Gasteiger partial charge on any atom is 0.247 e. The minimum Gasteiger partial charge on any atom is -0.312 e. The molecule has 2 heterocycles. The summed E-state index contributed by atoms with van der Waals surface area (Å²) in [5.74, 6) is 0. The first-order valence-electron chi connectivity index (χ1n) is 10.7. The van der Waals surface area contributed by atoms with Crippen LogP contribution in [-0.4, -0.2) is 6.71 Å². The zero-order chi connectivity index (χ0) is 22.2. The molecule has 0 aromatic heterocycles. The molecule has 32 heavy (non-hydrogen) atoms. The summed E-state index contributed by atoms with van der Waals surface area (Å²) in [6.07, 6.45) is 0. The van der Waals surface area contributed by atoms with Gasteiger partial charge in [-0.05, 0) is 70.6 Å². The fourth-order valence-electron chi connectivity index (χ4n) is 5.59. The molecule has 4 aromatic rings. The first-order chi connectivity index (χ1) is 15.4. The number of hydrogen-bond acceptors (Lipinski definition) is 1. The van der Waals surface area contributed by atoms with Crippen LogP contribution in [0.2, 0.25) is 0 Å². The fraction of sp³-hybridized carbons (Fsp3) is 0.111. The summed E-state index contributed by atoms with van der Waals surface area (Å²) in [5, 5.41) is 0. The van der Waals surface area contributed by atoms with Gasteiger partial charge in [0.1, 0.15) is 0 Å². The van der Waals surface area contributed by atoms with E-state index in [0.29, 0.717) is 0 Å². The Morgan fingerprint density at radius 1 is 0.719 bits per heavy atom. The Kier molecular flexibility index (Phi) is 4.77. The SMILES string of the molecule is CC1(C)c2ccccc2B2c3cc(Br)ccc3N(c3ccc(Br)cc3)c3ccc(Br)c1c32. The van der Waals surface area contributed by atoms with Gasteiger partial charge < -0.3 is 4.90 Å². The molecule has 1 nitrogen and oxygen atoms in total. The molecule has 0 aliphatic carbocycles. The zero-order valence-corrected chi connectivity index (χ0v) is 22.4. The van der Waals surface area contributed by atoms with Crippen LogP contribution < -0.4 is 21.3 Å². The first kappa shape index (κ1) is 20.8. The van der Waals surface area contributed by atoms with Crippen LogP contribution in [0.4, 0.5) is 17.1 Å². The minimum atomic E-state index is -0.105. The van der Waals surface area contributed by atoms with E-state index < -0.39 is 0 Å². The Hall–Kier alpha value is -1.82. The van der Waals surface area contributed by atoms with E-state index in [2.05, 4.69) is 145 Å². The van der Waals surface area contributed by atoms with E-state index in [1.165, 1.54) is 43.4 Å². The highest BCUT2D eigenvalue weighted by molar-refractivity contribution is 9.11. The third kappa shape index (κ3) is 2.87. The summed E-state index contributed by atoms with van der Waals surface area (Å²) >= 11 is 11.3. The quantitative estimate of drug-likeness (QED) is 0.187. The van der Waals surface area contributed by atoms with Gasteiger partial charge in [-0.15, -0.1) is 0 Å². The molecule has 0 amide bonds. The van der Waals surface area contributed by atoms with Gasteiger partial charge in [-0.2, -0.15) is 0 Å². The van der Waals surface area contributed by atoms with Crippen molar-refractivity contribution >= 4 is 88.0 Å². The van der Waals surface area contributed by atoms with Crippen molar-refractivity contribution in [2.24, 2.45) is 0 Å². The topological polar surface area (TPSA) is 3.24 Å². The number of benzene rings is 4. The zero-order valence-electron chi connectivity index (χ0n) is 17.7. The highest BCUT2D eigenvalue weighted by Gasteiger charge is 2.46. The Bertz CT molecular complexity index is 1390. The van der Waals surface area contributed by atoms with Gasteiger partial charge in [-0.3, -0.25) is 0 Å². The molecular formula is C27H19BBr3N. The lowest BCUT2D eigenvalue weighted by molar-refractivity contribution is 0.642. The van der Waals surface area contributed by atoms with Gasteiger partial charge >= 0.3 is 0 Å². The molecular weight excluding hydrogens is 589 g/mol. The van der Waals surface area contributed by atoms with Crippen molar-refractivity contribution in [1.29, 1.82) is 0 Å². The second kappa shape index (κ2) is 7.34. The molecule has 2 aliphatic heterocycles. The van der Waals surface area contributed by atoms with Crippen LogP contribution in [0, 0.1) is 0 Å². The standard InChI is InChI=1S/C27H19BBr3N/c1-27(2)19-5-3-4-6-20(19)28-21-15-17(30)9-13-23(21)32(18-10-7-16(29)8-11-18)24-14-12-22(31)25(27)26(24)28/h3-15H,1-2H3. The number of nitrogens with zero attached hydrogens (tertiary/aromatic N) is 1. The molecule has 0 spiro atoms. The molecule has 0 saturated carbocycles. The van der Waals surface area contributed by atoms with Crippen LogP contribution in [0.1, 0.15) is 25.0 Å². The number of fused-ring (bicyclic) bond motifs is 4. The van der Waals surface area contributed by atoms with E-state index in [-0.39, 0.29) is 12.1 Å². The number of halogens is 3. The Morgan fingerprint density at radius 2 is 1.41 bits per heavy atom. The van der Waals surface area contributed by atoms with Gasteiger partial charge in [0.2, 0.25) is 6.71 Å². The Balaban J connectivity index is 1.76. The third-order valence-corrected chi connectivity index (χ3v) is 8.58. The van der Waals surface area contributed by atoms with E-state index in [4.69, 9.17) is 0 Å². The van der Waals surface area contributed by atoms with Crippen molar-refractivity contribution < 1.29 is 0 Å². The number of rotatable bonds is 1. The van der Waals surface area contributed by atoms with Gasteiger partial charge in [0.25, 0.3) is 0 Å². The van der Waals surface area contributed by atoms with E-state index in [1.54, 1.807) is 0 Å². The fourth-order valence-corrected chi connectivity index (χ4v) is 7.08. The van der Waals surface area contributed by atoms with Gasteiger partial charge in [0, 0.05) is 35.9 Å². The third-order valence-electron chi connectivity index (χ3n) is 6.90. The van der Waals surface area contributed by atoms with E-state index in [0.717, 1.165) is 14.6 Å². The molecule has 156 valence electrons. The molecule has 0 unspecified atom stereocenters. The molecule has 4 aromatic carbocycles.